The summed E-state index contributed by atoms with van der Waals surface area (Å²) in [5.41, 5.74) is 1.54. The summed E-state index contributed by atoms with van der Waals surface area (Å²) in [5, 5.41) is 0. The highest BCUT2D eigenvalue weighted by Gasteiger charge is 2.05. The van der Waals surface area contributed by atoms with E-state index >= 15 is 0 Å². The number of benzene rings is 1. The Morgan fingerprint density at radius 2 is 2.18 bits per heavy atom. The van der Waals surface area contributed by atoms with Gasteiger partial charge in [-0.05, 0) is 23.8 Å². The van der Waals surface area contributed by atoms with Gasteiger partial charge in [-0.1, -0.05) is 12.1 Å². The van der Waals surface area contributed by atoms with Crippen molar-refractivity contribution in [2.45, 2.75) is 0 Å². The van der Waals surface area contributed by atoms with E-state index < -0.39 is 5.82 Å². The lowest BCUT2D eigenvalue weighted by atomic mass is 10.1. The molecule has 0 saturated carbocycles. The molecule has 3 nitrogen and oxygen atoms in total. The van der Waals surface area contributed by atoms with Gasteiger partial charge in [-0.25, -0.2) is 4.39 Å². The lowest BCUT2D eigenvalue weighted by Gasteiger charge is -2.06. The average Bonchev–Trinajstić information content (AvgIpc) is 2.38. The maximum Gasteiger partial charge on any atom is 0.165 e. The number of aromatic nitrogens is 1. The summed E-state index contributed by atoms with van der Waals surface area (Å²) in [4.78, 5) is 14.1. The Hall–Kier alpha value is -2.23. The van der Waals surface area contributed by atoms with Crippen molar-refractivity contribution in [3.05, 3.63) is 48.5 Å². The fourth-order valence-corrected chi connectivity index (χ4v) is 1.45. The number of nitrogens with zero attached hydrogens (tertiary/aromatic N) is 1. The van der Waals surface area contributed by atoms with Gasteiger partial charge in [0.1, 0.15) is 6.61 Å². The van der Waals surface area contributed by atoms with Crippen molar-refractivity contribution >= 4 is 6.29 Å². The number of ether oxygens (including phenoxy) is 1. The molecule has 0 bridgehead atoms. The van der Waals surface area contributed by atoms with Crippen LogP contribution in [0.2, 0.25) is 0 Å². The van der Waals surface area contributed by atoms with Gasteiger partial charge in [0, 0.05) is 18.0 Å². The van der Waals surface area contributed by atoms with E-state index in [-0.39, 0.29) is 12.4 Å². The maximum absolute atomic E-state index is 13.6. The molecule has 0 atom stereocenters. The predicted molar refractivity (Wildman–Crippen MR) is 61.2 cm³/mol. The van der Waals surface area contributed by atoms with E-state index in [4.69, 9.17) is 4.74 Å². The Bertz CT molecular complexity index is 514. The minimum atomic E-state index is -0.492. The second-order valence-corrected chi connectivity index (χ2v) is 3.36. The van der Waals surface area contributed by atoms with Gasteiger partial charge >= 0.3 is 0 Å². The van der Waals surface area contributed by atoms with Crippen LogP contribution < -0.4 is 4.74 Å². The van der Waals surface area contributed by atoms with Crippen molar-refractivity contribution in [1.82, 2.24) is 4.98 Å². The van der Waals surface area contributed by atoms with Crippen molar-refractivity contribution < 1.29 is 13.9 Å². The van der Waals surface area contributed by atoms with E-state index in [2.05, 4.69) is 4.98 Å². The van der Waals surface area contributed by atoms with Crippen LogP contribution in [-0.4, -0.2) is 17.9 Å². The fraction of sp³-hybridized carbons (Fsp3) is 0.0769. The normalized spacial score (nSPS) is 9.94. The molecule has 0 unspecified atom stereocenters. The highest BCUT2D eigenvalue weighted by atomic mass is 19.1. The number of carbonyl (C=O) groups excluding carboxylic acids is 1. The standard InChI is InChI=1S/C13H10FNO2/c14-12-8-10(11-2-1-5-15-9-11)3-4-13(12)17-7-6-16/h1-6,8-9H,7H2. The first-order chi connectivity index (χ1) is 8.31. The number of pyridine rings is 1. The average molecular weight is 231 g/mol. The smallest absolute Gasteiger partial charge is 0.165 e. The Labute approximate surface area is 97.9 Å². The summed E-state index contributed by atoms with van der Waals surface area (Å²) >= 11 is 0. The van der Waals surface area contributed by atoms with E-state index in [0.29, 0.717) is 11.8 Å². The van der Waals surface area contributed by atoms with Crippen LogP contribution in [0.25, 0.3) is 11.1 Å². The van der Waals surface area contributed by atoms with Crippen LogP contribution in [0.5, 0.6) is 5.75 Å². The van der Waals surface area contributed by atoms with Crippen LogP contribution in [0, 0.1) is 5.82 Å². The molecule has 17 heavy (non-hydrogen) atoms. The van der Waals surface area contributed by atoms with E-state index in [1.807, 2.05) is 6.07 Å². The first-order valence-corrected chi connectivity index (χ1v) is 5.07. The largest absolute Gasteiger partial charge is 0.483 e. The molecule has 0 saturated heterocycles. The summed E-state index contributed by atoms with van der Waals surface area (Å²) in [6.07, 6.45) is 3.89. The van der Waals surface area contributed by atoms with Crippen LogP contribution in [-0.2, 0) is 4.79 Å². The van der Waals surface area contributed by atoms with Crippen molar-refractivity contribution in [2.75, 3.05) is 6.61 Å². The zero-order valence-corrected chi connectivity index (χ0v) is 8.97. The molecule has 0 fully saturated rings. The van der Waals surface area contributed by atoms with Crippen LogP contribution in [0.3, 0.4) is 0 Å². The van der Waals surface area contributed by atoms with Crippen LogP contribution in [0.1, 0.15) is 0 Å². The molecule has 0 radical (unpaired) electrons. The highest BCUT2D eigenvalue weighted by molar-refractivity contribution is 5.63. The van der Waals surface area contributed by atoms with Crippen molar-refractivity contribution in [1.29, 1.82) is 0 Å². The summed E-state index contributed by atoms with van der Waals surface area (Å²) < 4.78 is 18.5. The fourth-order valence-electron chi connectivity index (χ4n) is 1.45. The van der Waals surface area contributed by atoms with Gasteiger partial charge in [0.2, 0.25) is 0 Å². The molecular weight excluding hydrogens is 221 g/mol. The van der Waals surface area contributed by atoms with Gasteiger partial charge in [-0.2, -0.15) is 0 Å². The Kier molecular flexibility index (Phi) is 3.45. The molecule has 0 amide bonds. The molecule has 2 rings (SSSR count). The maximum atomic E-state index is 13.6. The summed E-state index contributed by atoms with van der Waals surface area (Å²) in [5.74, 6) is -0.419. The van der Waals surface area contributed by atoms with Gasteiger partial charge in [0.25, 0.3) is 0 Å². The van der Waals surface area contributed by atoms with Crippen molar-refractivity contribution in [3.8, 4) is 16.9 Å². The van der Waals surface area contributed by atoms with Gasteiger partial charge in [-0.3, -0.25) is 9.78 Å². The number of hydrogen-bond acceptors (Lipinski definition) is 3. The molecule has 0 aliphatic rings. The first-order valence-electron chi connectivity index (χ1n) is 5.07. The van der Waals surface area contributed by atoms with Crippen LogP contribution in [0.15, 0.2) is 42.7 Å². The number of rotatable bonds is 4. The molecular formula is C13H10FNO2. The van der Waals surface area contributed by atoms with E-state index in [9.17, 15) is 9.18 Å². The number of halogens is 1. The Balaban J connectivity index is 2.28. The SMILES string of the molecule is O=CCOc1ccc(-c2cccnc2)cc1F. The van der Waals surface area contributed by atoms with E-state index in [0.717, 1.165) is 5.56 Å². The summed E-state index contributed by atoms with van der Waals surface area (Å²) in [6.45, 7) is -0.150. The molecule has 1 aromatic heterocycles. The Morgan fingerprint density at radius 3 is 2.82 bits per heavy atom. The number of hydrogen-bond donors (Lipinski definition) is 0. The third-order valence-electron chi connectivity index (χ3n) is 2.23. The Morgan fingerprint density at radius 1 is 1.29 bits per heavy atom. The highest BCUT2D eigenvalue weighted by Crippen LogP contribution is 2.24. The molecule has 0 aliphatic heterocycles. The monoisotopic (exact) mass is 231 g/mol. The van der Waals surface area contributed by atoms with Crippen molar-refractivity contribution in [2.24, 2.45) is 0 Å². The third kappa shape index (κ3) is 2.66. The minimum Gasteiger partial charge on any atom is -0.483 e. The first kappa shape index (κ1) is 11.3. The quantitative estimate of drug-likeness (QED) is 0.759. The predicted octanol–water partition coefficient (Wildman–Crippen LogP) is 2.47. The number of aldehydes is 1. The van der Waals surface area contributed by atoms with Gasteiger partial charge in [0.15, 0.2) is 17.9 Å². The van der Waals surface area contributed by atoms with E-state index in [1.54, 1.807) is 24.5 Å². The minimum absolute atomic E-state index is 0.0738. The van der Waals surface area contributed by atoms with Crippen LogP contribution in [0.4, 0.5) is 4.39 Å². The molecule has 86 valence electrons. The molecule has 1 heterocycles. The third-order valence-corrected chi connectivity index (χ3v) is 2.23. The lowest BCUT2D eigenvalue weighted by molar-refractivity contribution is -0.109. The zero-order chi connectivity index (χ0) is 12.1. The lowest BCUT2D eigenvalue weighted by Crippen LogP contribution is -1.99. The molecule has 1 aromatic carbocycles. The molecule has 0 N–H and O–H groups in total. The van der Waals surface area contributed by atoms with Crippen LogP contribution >= 0.6 is 0 Å². The molecule has 0 spiro atoms. The molecule has 4 heteroatoms. The van der Waals surface area contributed by atoms with Gasteiger partial charge in [0.05, 0.1) is 0 Å². The zero-order valence-electron chi connectivity index (χ0n) is 8.97. The second-order valence-electron chi connectivity index (χ2n) is 3.36. The number of carbonyl (C=O) groups is 1. The van der Waals surface area contributed by atoms with Crippen molar-refractivity contribution in [3.63, 3.8) is 0 Å². The molecule has 2 aromatic rings. The van der Waals surface area contributed by atoms with Gasteiger partial charge in [-0.15, -0.1) is 0 Å². The topological polar surface area (TPSA) is 39.2 Å². The van der Waals surface area contributed by atoms with Gasteiger partial charge < -0.3 is 4.74 Å². The summed E-state index contributed by atoms with van der Waals surface area (Å²) in [7, 11) is 0. The van der Waals surface area contributed by atoms with E-state index in [1.165, 1.54) is 12.1 Å². The molecule has 0 aliphatic carbocycles. The summed E-state index contributed by atoms with van der Waals surface area (Å²) in [6, 6.07) is 8.20. The second kappa shape index (κ2) is 5.21.